The van der Waals surface area contributed by atoms with Crippen molar-refractivity contribution in [2.45, 2.75) is 0 Å². The zero-order valence-corrected chi connectivity index (χ0v) is 12.9. The highest BCUT2D eigenvalue weighted by Crippen LogP contribution is 2.10. The van der Waals surface area contributed by atoms with Crippen LogP contribution in [-0.2, 0) is 0 Å². The molecule has 0 aliphatic rings. The van der Waals surface area contributed by atoms with Crippen LogP contribution in [0.1, 0.15) is 5.56 Å². The number of anilines is 1. The average molecular weight is 333 g/mol. The number of nitrogens with zero attached hydrogens (tertiary/aromatic N) is 4. The van der Waals surface area contributed by atoms with E-state index in [2.05, 4.69) is 20.6 Å². The maximum atomic E-state index is 12.9. The fourth-order valence-corrected chi connectivity index (χ4v) is 2.42. The maximum Gasteiger partial charge on any atom is 0.282 e. The molecule has 0 amide bonds. The number of fused-ring (bicyclic) bond motifs is 2. The van der Waals surface area contributed by atoms with Crippen LogP contribution in [0.2, 0.25) is 0 Å². The Balaban J connectivity index is 1.66. The van der Waals surface area contributed by atoms with Crippen LogP contribution < -0.4 is 11.0 Å². The first kappa shape index (κ1) is 14.9. The number of rotatable bonds is 3. The molecule has 4 rings (SSSR count). The predicted octanol–water partition coefficient (Wildman–Crippen LogP) is 2.83. The summed E-state index contributed by atoms with van der Waals surface area (Å²) in [5, 5.41) is 8.77. The van der Waals surface area contributed by atoms with Crippen molar-refractivity contribution in [1.29, 1.82) is 0 Å². The molecule has 0 bridgehead atoms. The van der Waals surface area contributed by atoms with Gasteiger partial charge in [0.1, 0.15) is 5.82 Å². The Kier molecular flexibility index (Phi) is 3.66. The molecule has 2 aromatic carbocycles. The predicted molar refractivity (Wildman–Crippen MR) is 94.4 cm³/mol. The van der Waals surface area contributed by atoms with Gasteiger partial charge in [-0.15, -0.1) is 5.10 Å². The molecule has 0 aliphatic heterocycles. The van der Waals surface area contributed by atoms with Crippen LogP contribution in [0, 0.1) is 5.82 Å². The third-order valence-electron chi connectivity index (χ3n) is 3.64. The Labute approximate surface area is 141 Å². The molecule has 0 saturated carbocycles. The van der Waals surface area contributed by atoms with Crippen LogP contribution in [0.25, 0.3) is 16.6 Å². The van der Waals surface area contributed by atoms with Crippen molar-refractivity contribution in [2.24, 2.45) is 5.10 Å². The second-order valence-electron chi connectivity index (χ2n) is 5.34. The van der Waals surface area contributed by atoms with E-state index in [-0.39, 0.29) is 11.4 Å². The van der Waals surface area contributed by atoms with E-state index in [9.17, 15) is 9.18 Å². The maximum absolute atomic E-state index is 12.9. The van der Waals surface area contributed by atoms with E-state index >= 15 is 0 Å². The van der Waals surface area contributed by atoms with E-state index in [4.69, 9.17) is 0 Å². The Morgan fingerprint density at radius 2 is 1.84 bits per heavy atom. The van der Waals surface area contributed by atoms with Crippen molar-refractivity contribution >= 4 is 28.6 Å². The largest absolute Gasteiger partial charge is 0.282 e. The zero-order valence-electron chi connectivity index (χ0n) is 12.9. The van der Waals surface area contributed by atoms with E-state index in [1.807, 2.05) is 6.07 Å². The van der Waals surface area contributed by atoms with Crippen molar-refractivity contribution in [1.82, 2.24) is 14.6 Å². The van der Waals surface area contributed by atoms with Gasteiger partial charge in [-0.2, -0.15) is 9.62 Å². The molecule has 0 spiro atoms. The molecule has 122 valence electrons. The lowest BCUT2D eigenvalue weighted by Gasteiger charge is -2.04. The highest BCUT2D eigenvalue weighted by Gasteiger charge is 2.06. The van der Waals surface area contributed by atoms with Crippen molar-refractivity contribution in [3.05, 3.63) is 82.4 Å². The topological polar surface area (TPSA) is 71.7 Å². The SMILES string of the molecule is O=c1c2ccccc2nc2ccc(NN=Cc3ccc(F)cc3)nn12. The van der Waals surface area contributed by atoms with E-state index in [1.165, 1.54) is 22.9 Å². The first-order valence-corrected chi connectivity index (χ1v) is 7.54. The molecule has 0 fully saturated rings. The molecular formula is C18H12FN5O. The summed E-state index contributed by atoms with van der Waals surface area (Å²) < 4.78 is 14.1. The average Bonchev–Trinajstić information content (AvgIpc) is 2.64. The molecule has 2 aromatic heterocycles. The van der Waals surface area contributed by atoms with E-state index in [0.29, 0.717) is 22.4 Å². The van der Waals surface area contributed by atoms with Gasteiger partial charge in [0, 0.05) is 0 Å². The molecule has 1 N–H and O–H groups in total. The van der Waals surface area contributed by atoms with Gasteiger partial charge in [0.2, 0.25) is 0 Å². The molecular weight excluding hydrogens is 321 g/mol. The van der Waals surface area contributed by atoms with Crippen LogP contribution in [-0.4, -0.2) is 20.8 Å². The van der Waals surface area contributed by atoms with Crippen LogP contribution in [0.15, 0.2) is 70.6 Å². The molecule has 7 heteroatoms. The molecule has 4 aromatic rings. The number of para-hydroxylation sites is 1. The number of aromatic nitrogens is 3. The minimum absolute atomic E-state index is 0.244. The Hall–Kier alpha value is -3.61. The quantitative estimate of drug-likeness (QED) is 0.355. The standard InChI is InChI=1S/C18H12FN5O/c19-13-7-5-12(6-8-13)11-20-22-16-9-10-17-21-15-4-2-1-3-14(15)18(25)24(17)23-16/h1-11H,(H,22,23). The van der Waals surface area contributed by atoms with Gasteiger partial charge in [0.15, 0.2) is 11.5 Å². The summed E-state index contributed by atoms with van der Waals surface area (Å²) in [5.74, 6) is 0.0884. The lowest BCUT2D eigenvalue weighted by atomic mass is 10.2. The fourth-order valence-electron chi connectivity index (χ4n) is 2.42. The highest BCUT2D eigenvalue weighted by molar-refractivity contribution is 5.80. The van der Waals surface area contributed by atoms with Gasteiger partial charge in [-0.05, 0) is 42.0 Å². The second kappa shape index (κ2) is 6.12. The molecule has 0 atom stereocenters. The number of benzene rings is 2. The fraction of sp³-hybridized carbons (Fsp3) is 0. The van der Waals surface area contributed by atoms with E-state index in [0.717, 1.165) is 5.56 Å². The number of hydrazone groups is 1. The number of hydrogen-bond donors (Lipinski definition) is 1. The summed E-state index contributed by atoms with van der Waals surface area (Å²) in [7, 11) is 0. The van der Waals surface area contributed by atoms with Crippen LogP contribution in [0.5, 0.6) is 0 Å². The molecule has 0 radical (unpaired) electrons. The number of halogens is 1. The van der Waals surface area contributed by atoms with Crippen molar-refractivity contribution in [2.75, 3.05) is 5.43 Å². The van der Waals surface area contributed by atoms with E-state index in [1.54, 1.807) is 42.5 Å². The van der Waals surface area contributed by atoms with Gasteiger partial charge >= 0.3 is 0 Å². The lowest BCUT2D eigenvalue weighted by Crippen LogP contribution is -2.18. The van der Waals surface area contributed by atoms with Gasteiger partial charge in [-0.3, -0.25) is 10.2 Å². The van der Waals surface area contributed by atoms with Crippen molar-refractivity contribution < 1.29 is 4.39 Å². The normalized spacial score (nSPS) is 11.4. The van der Waals surface area contributed by atoms with Gasteiger partial charge in [0.05, 0.1) is 17.1 Å². The zero-order chi connectivity index (χ0) is 17.2. The smallest absolute Gasteiger partial charge is 0.267 e. The summed E-state index contributed by atoms with van der Waals surface area (Å²) in [4.78, 5) is 16.9. The molecule has 0 saturated heterocycles. The third kappa shape index (κ3) is 2.94. The number of nitrogens with one attached hydrogen (secondary N) is 1. The minimum atomic E-state index is -0.305. The van der Waals surface area contributed by atoms with Crippen molar-refractivity contribution in [3.8, 4) is 0 Å². The van der Waals surface area contributed by atoms with Crippen LogP contribution in [0.3, 0.4) is 0 Å². The molecule has 6 nitrogen and oxygen atoms in total. The first-order chi connectivity index (χ1) is 12.2. The van der Waals surface area contributed by atoms with Gasteiger partial charge in [-0.1, -0.05) is 24.3 Å². The Morgan fingerprint density at radius 3 is 2.68 bits per heavy atom. The summed E-state index contributed by atoms with van der Waals surface area (Å²) in [5.41, 5.74) is 4.33. The Bertz CT molecular complexity index is 1150. The molecule has 2 heterocycles. The second-order valence-corrected chi connectivity index (χ2v) is 5.34. The summed E-state index contributed by atoms with van der Waals surface area (Å²) >= 11 is 0. The van der Waals surface area contributed by atoms with Crippen molar-refractivity contribution in [3.63, 3.8) is 0 Å². The number of hydrogen-bond acceptors (Lipinski definition) is 5. The summed E-state index contributed by atoms with van der Waals surface area (Å²) in [6.07, 6.45) is 1.53. The Morgan fingerprint density at radius 1 is 1.04 bits per heavy atom. The molecule has 0 aliphatic carbocycles. The third-order valence-corrected chi connectivity index (χ3v) is 3.64. The summed E-state index contributed by atoms with van der Waals surface area (Å²) in [6, 6.07) is 16.4. The van der Waals surface area contributed by atoms with Crippen LogP contribution >= 0.6 is 0 Å². The monoisotopic (exact) mass is 333 g/mol. The first-order valence-electron chi connectivity index (χ1n) is 7.54. The molecule has 25 heavy (non-hydrogen) atoms. The van der Waals surface area contributed by atoms with E-state index < -0.39 is 0 Å². The summed E-state index contributed by atoms with van der Waals surface area (Å²) in [6.45, 7) is 0. The van der Waals surface area contributed by atoms with Crippen LogP contribution in [0.4, 0.5) is 10.2 Å². The van der Waals surface area contributed by atoms with Gasteiger partial charge in [0.25, 0.3) is 5.56 Å². The lowest BCUT2D eigenvalue weighted by molar-refractivity contribution is 0.628. The minimum Gasteiger partial charge on any atom is -0.267 e. The highest BCUT2D eigenvalue weighted by atomic mass is 19.1. The molecule has 0 unspecified atom stereocenters. The van der Waals surface area contributed by atoms with Gasteiger partial charge in [-0.25, -0.2) is 9.37 Å². The van der Waals surface area contributed by atoms with Gasteiger partial charge < -0.3 is 0 Å².